The molecule has 2 atom stereocenters. The number of allylic oxidation sites excluding steroid dienone is 1. The first-order chi connectivity index (χ1) is 5.27. The largest absolute Gasteiger partial charge is 0.122 e. The second-order valence-corrected chi connectivity index (χ2v) is 4.07. The number of hydrogen-bond donors (Lipinski definition) is 0. The molecule has 11 heavy (non-hydrogen) atoms. The van der Waals surface area contributed by atoms with Gasteiger partial charge in [0.25, 0.3) is 0 Å². The highest BCUT2D eigenvalue weighted by atomic mass is 14.3. The normalized spacial score (nSPS) is 36.2. The van der Waals surface area contributed by atoms with Gasteiger partial charge in [-0.1, -0.05) is 13.8 Å². The van der Waals surface area contributed by atoms with Crippen molar-refractivity contribution < 1.29 is 0 Å². The van der Waals surface area contributed by atoms with E-state index in [0.29, 0.717) is 0 Å². The minimum absolute atomic E-state index is 0.814. The Morgan fingerprint density at radius 1 is 1.09 bits per heavy atom. The molecule has 0 N–H and O–H groups in total. The zero-order chi connectivity index (χ0) is 7.84. The van der Waals surface area contributed by atoms with E-state index in [1.165, 1.54) is 25.7 Å². The van der Waals surface area contributed by atoms with E-state index in [1.807, 2.05) is 0 Å². The van der Waals surface area contributed by atoms with E-state index in [4.69, 9.17) is 0 Å². The fraction of sp³-hybridized carbons (Fsp3) is 0.727. The molecule has 2 aliphatic rings. The third-order valence-corrected chi connectivity index (χ3v) is 3.11. The van der Waals surface area contributed by atoms with Crippen LogP contribution in [-0.4, -0.2) is 0 Å². The Morgan fingerprint density at radius 3 is 2.18 bits per heavy atom. The third kappa shape index (κ3) is 1.16. The van der Waals surface area contributed by atoms with Gasteiger partial charge in [-0.3, -0.25) is 0 Å². The zero-order valence-electron chi connectivity index (χ0n) is 7.48. The van der Waals surface area contributed by atoms with Gasteiger partial charge in [-0.2, -0.15) is 0 Å². The summed E-state index contributed by atoms with van der Waals surface area (Å²) in [5.41, 5.74) is 6.79. The van der Waals surface area contributed by atoms with Crippen LogP contribution in [-0.2, 0) is 0 Å². The topological polar surface area (TPSA) is 0 Å². The highest BCUT2D eigenvalue weighted by molar-refractivity contribution is 5.22. The van der Waals surface area contributed by atoms with Gasteiger partial charge >= 0.3 is 0 Å². The van der Waals surface area contributed by atoms with Gasteiger partial charge < -0.3 is 0 Å². The second-order valence-electron chi connectivity index (χ2n) is 4.07. The monoisotopic (exact) mass is 148 g/mol. The van der Waals surface area contributed by atoms with Gasteiger partial charge in [0.15, 0.2) is 0 Å². The summed E-state index contributed by atoms with van der Waals surface area (Å²) in [6.07, 6.45) is 5.39. The van der Waals surface area contributed by atoms with Gasteiger partial charge in [0, 0.05) is 0 Å². The predicted molar refractivity (Wildman–Crippen MR) is 47.3 cm³/mol. The molecule has 0 nitrogen and oxygen atoms in total. The second kappa shape index (κ2) is 2.53. The van der Waals surface area contributed by atoms with Gasteiger partial charge in [0.05, 0.1) is 0 Å². The molecule has 0 spiro atoms. The maximum absolute atomic E-state index is 3.59. The average Bonchev–Trinajstić information content (AvgIpc) is 2.02. The van der Waals surface area contributed by atoms with Crippen molar-refractivity contribution in [3.63, 3.8) is 0 Å². The Bertz CT molecular complexity index is 208. The smallest absolute Gasteiger partial charge is 0.0150 e. The van der Waals surface area contributed by atoms with Crippen molar-refractivity contribution in [2.24, 2.45) is 11.8 Å². The van der Waals surface area contributed by atoms with Crippen molar-refractivity contribution in [1.29, 1.82) is 0 Å². The summed E-state index contributed by atoms with van der Waals surface area (Å²) in [6, 6.07) is 0. The standard InChI is InChI=1S/C11H16/c1-8-6-9(2)11-5-3-4-10(8)7-11/h8-9H,3-6H2,1-2H3. The summed E-state index contributed by atoms with van der Waals surface area (Å²) < 4.78 is 0. The molecule has 0 amide bonds. The molecule has 2 unspecified atom stereocenters. The number of rotatable bonds is 0. The SMILES string of the molecule is CC1CC(C)C2=C=C1CCC2. The fourth-order valence-corrected chi connectivity index (χ4v) is 2.35. The summed E-state index contributed by atoms with van der Waals surface area (Å²) in [5, 5.41) is 0. The Kier molecular flexibility index (Phi) is 1.65. The van der Waals surface area contributed by atoms with Crippen LogP contribution in [0.2, 0.25) is 0 Å². The summed E-state index contributed by atoms with van der Waals surface area (Å²) in [6.45, 7) is 4.70. The van der Waals surface area contributed by atoms with E-state index in [-0.39, 0.29) is 0 Å². The highest BCUT2D eigenvalue weighted by Crippen LogP contribution is 2.37. The lowest BCUT2D eigenvalue weighted by molar-refractivity contribution is 0.438. The van der Waals surface area contributed by atoms with Crippen molar-refractivity contribution in [3.8, 4) is 0 Å². The summed E-state index contributed by atoms with van der Waals surface area (Å²) in [7, 11) is 0. The fourth-order valence-electron chi connectivity index (χ4n) is 2.35. The molecule has 0 aliphatic heterocycles. The highest BCUT2D eigenvalue weighted by Gasteiger charge is 2.23. The van der Waals surface area contributed by atoms with Crippen molar-refractivity contribution in [2.45, 2.75) is 39.5 Å². The van der Waals surface area contributed by atoms with Crippen molar-refractivity contribution in [2.75, 3.05) is 0 Å². The summed E-state index contributed by atoms with van der Waals surface area (Å²) >= 11 is 0. The van der Waals surface area contributed by atoms with Crippen LogP contribution in [0.25, 0.3) is 0 Å². The molecular formula is C11H16. The molecule has 0 aromatic rings. The van der Waals surface area contributed by atoms with Crippen LogP contribution >= 0.6 is 0 Å². The predicted octanol–water partition coefficient (Wildman–Crippen LogP) is 3.30. The first-order valence-electron chi connectivity index (χ1n) is 4.76. The van der Waals surface area contributed by atoms with Crippen LogP contribution in [0.15, 0.2) is 16.9 Å². The lowest BCUT2D eigenvalue weighted by Gasteiger charge is -2.29. The van der Waals surface area contributed by atoms with Crippen LogP contribution in [0.1, 0.15) is 39.5 Å². The quantitative estimate of drug-likeness (QED) is 0.462. The molecule has 0 radical (unpaired) electrons. The zero-order valence-corrected chi connectivity index (χ0v) is 7.48. The Balaban J connectivity index is 2.39. The van der Waals surface area contributed by atoms with Crippen molar-refractivity contribution in [3.05, 3.63) is 16.9 Å². The molecule has 2 rings (SSSR count). The number of hydrogen-bond acceptors (Lipinski definition) is 0. The first-order valence-corrected chi connectivity index (χ1v) is 4.76. The molecule has 0 saturated heterocycles. The summed E-state index contributed by atoms with van der Waals surface area (Å²) in [5.74, 6) is 1.63. The molecule has 2 bridgehead atoms. The molecule has 0 aromatic carbocycles. The van der Waals surface area contributed by atoms with E-state index in [2.05, 4.69) is 19.6 Å². The third-order valence-electron chi connectivity index (χ3n) is 3.11. The van der Waals surface area contributed by atoms with Gasteiger partial charge in [0.1, 0.15) is 0 Å². The van der Waals surface area contributed by atoms with E-state index in [9.17, 15) is 0 Å². The maximum atomic E-state index is 3.59. The molecular weight excluding hydrogens is 132 g/mol. The van der Waals surface area contributed by atoms with Crippen LogP contribution < -0.4 is 0 Å². The summed E-state index contributed by atoms with van der Waals surface area (Å²) in [4.78, 5) is 0. The van der Waals surface area contributed by atoms with Gasteiger partial charge in [-0.05, 0) is 48.7 Å². The molecule has 0 heteroatoms. The Morgan fingerprint density at radius 2 is 1.64 bits per heavy atom. The average molecular weight is 148 g/mol. The van der Waals surface area contributed by atoms with Gasteiger partial charge in [0.2, 0.25) is 0 Å². The van der Waals surface area contributed by atoms with Crippen LogP contribution in [0.3, 0.4) is 0 Å². The van der Waals surface area contributed by atoms with Crippen molar-refractivity contribution in [1.82, 2.24) is 0 Å². The van der Waals surface area contributed by atoms with Crippen LogP contribution in [0, 0.1) is 11.8 Å². The molecule has 0 fully saturated rings. The lowest BCUT2D eigenvalue weighted by Crippen LogP contribution is -2.15. The molecule has 0 heterocycles. The minimum Gasteiger partial charge on any atom is -0.122 e. The van der Waals surface area contributed by atoms with Gasteiger partial charge in [-0.15, -0.1) is 5.73 Å². The van der Waals surface area contributed by atoms with E-state index in [0.717, 1.165) is 11.8 Å². The van der Waals surface area contributed by atoms with Crippen LogP contribution in [0.5, 0.6) is 0 Å². The minimum atomic E-state index is 0.814. The molecule has 0 aromatic heterocycles. The van der Waals surface area contributed by atoms with E-state index in [1.54, 1.807) is 11.1 Å². The first kappa shape index (κ1) is 7.18. The Hall–Kier alpha value is -0.480. The van der Waals surface area contributed by atoms with E-state index >= 15 is 0 Å². The van der Waals surface area contributed by atoms with E-state index < -0.39 is 0 Å². The van der Waals surface area contributed by atoms with Gasteiger partial charge in [-0.25, -0.2) is 0 Å². The molecule has 60 valence electrons. The Labute approximate surface area is 69.0 Å². The molecule has 0 saturated carbocycles. The van der Waals surface area contributed by atoms with Crippen molar-refractivity contribution >= 4 is 0 Å². The lowest BCUT2D eigenvalue weighted by atomic mass is 9.76. The molecule has 2 aliphatic carbocycles. The maximum Gasteiger partial charge on any atom is -0.0150 e. The van der Waals surface area contributed by atoms with Crippen LogP contribution in [0.4, 0.5) is 0 Å².